The van der Waals surface area contributed by atoms with Crippen molar-refractivity contribution in [2.45, 2.75) is 12.8 Å². The number of piperidine rings is 1. The van der Waals surface area contributed by atoms with Crippen LogP contribution in [0.5, 0.6) is 0 Å². The van der Waals surface area contributed by atoms with Crippen LogP contribution < -0.4 is 10.8 Å². The molecule has 88 valence electrons. The Balaban J connectivity index is 2.03. The molecule has 1 saturated heterocycles. The first-order valence-corrected chi connectivity index (χ1v) is 6.41. The second-order valence-electron chi connectivity index (χ2n) is 4.27. The molecule has 0 spiro atoms. The highest BCUT2D eigenvalue weighted by molar-refractivity contribution is 9.10. The molecule has 1 aliphatic heterocycles. The molecule has 1 aromatic carbocycles. The Kier molecular flexibility index (Phi) is 4.21. The van der Waals surface area contributed by atoms with E-state index in [-0.39, 0.29) is 0 Å². The molecule has 4 heteroatoms. The van der Waals surface area contributed by atoms with Crippen molar-refractivity contribution < 1.29 is 4.84 Å². The lowest BCUT2D eigenvalue weighted by Crippen LogP contribution is -2.37. The lowest BCUT2D eigenvalue weighted by molar-refractivity contribution is 0.0951. The molecule has 1 heterocycles. The lowest BCUT2D eigenvalue weighted by atomic mass is 9.98. The van der Waals surface area contributed by atoms with Crippen molar-refractivity contribution in [3.05, 3.63) is 28.7 Å². The van der Waals surface area contributed by atoms with Crippen LogP contribution in [-0.2, 0) is 4.84 Å². The molecule has 2 N–H and O–H groups in total. The zero-order valence-electron chi connectivity index (χ0n) is 9.23. The number of anilines is 1. The maximum absolute atomic E-state index is 5.14. The van der Waals surface area contributed by atoms with Crippen molar-refractivity contribution in [3.63, 3.8) is 0 Å². The average molecular weight is 285 g/mol. The number of benzene rings is 1. The van der Waals surface area contributed by atoms with E-state index < -0.39 is 0 Å². The SMILES string of the molecule is NOCC1CCCN(c2cccc(Br)c2)C1. The van der Waals surface area contributed by atoms with Gasteiger partial charge in [0.1, 0.15) is 0 Å². The van der Waals surface area contributed by atoms with Crippen LogP contribution in [0.25, 0.3) is 0 Å². The molecule has 16 heavy (non-hydrogen) atoms. The van der Waals surface area contributed by atoms with Crippen LogP contribution >= 0.6 is 15.9 Å². The minimum atomic E-state index is 0.553. The third kappa shape index (κ3) is 2.97. The summed E-state index contributed by atoms with van der Waals surface area (Å²) >= 11 is 3.50. The number of hydrogen-bond donors (Lipinski definition) is 1. The molecule has 0 amide bonds. The molecule has 1 fully saturated rings. The van der Waals surface area contributed by atoms with Crippen LogP contribution in [0.4, 0.5) is 5.69 Å². The summed E-state index contributed by atoms with van der Waals surface area (Å²) in [6.07, 6.45) is 2.42. The summed E-state index contributed by atoms with van der Waals surface area (Å²) in [5, 5.41) is 0. The molecule has 1 unspecified atom stereocenters. The number of rotatable bonds is 3. The van der Waals surface area contributed by atoms with E-state index >= 15 is 0 Å². The average Bonchev–Trinajstić information content (AvgIpc) is 2.30. The maximum atomic E-state index is 5.14. The van der Waals surface area contributed by atoms with Gasteiger partial charge in [-0.25, -0.2) is 5.90 Å². The van der Waals surface area contributed by atoms with Crippen molar-refractivity contribution in [2.75, 3.05) is 24.6 Å². The van der Waals surface area contributed by atoms with E-state index in [0.29, 0.717) is 12.5 Å². The highest BCUT2D eigenvalue weighted by Crippen LogP contribution is 2.25. The van der Waals surface area contributed by atoms with Gasteiger partial charge in [0.25, 0.3) is 0 Å². The van der Waals surface area contributed by atoms with Crippen LogP contribution in [0.2, 0.25) is 0 Å². The molecule has 3 nitrogen and oxygen atoms in total. The predicted octanol–water partition coefficient (Wildman–Crippen LogP) is 2.56. The van der Waals surface area contributed by atoms with Crippen molar-refractivity contribution >= 4 is 21.6 Å². The second-order valence-corrected chi connectivity index (χ2v) is 5.18. The molecule has 2 rings (SSSR count). The molecule has 0 aliphatic carbocycles. The largest absolute Gasteiger partial charge is 0.371 e. The summed E-state index contributed by atoms with van der Waals surface area (Å²) in [7, 11) is 0. The van der Waals surface area contributed by atoms with Crippen LogP contribution in [0.15, 0.2) is 28.7 Å². The number of nitrogens with two attached hydrogens (primary N) is 1. The second kappa shape index (κ2) is 5.66. The zero-order valence-corrected chi connectivity index (χ0v) is 10.8. The first-order chi connectivity index (χ1) is 7.79. The highest BCUT2D eigenvalue weighted by atomic mass is 79.9. The Bertz CT molecular complexity index is 344. The minimum absolute atomic E-state index is 0.553. The summed E-state index contributed by atoms with van der Waals surface area (Å²) in [5.41, 5.74) is 1.27. The molecule has 0 radical (unpaired) electrons. The molecule has 0 bridgehead atoms. The van der Waals surface area contributed by atoms with Gasteiger partial charge < -0.3 is 9.74 Å². The predicted molar refractivity (Wildman–Crippen MR) is 69.2 cm³/mol. The van der Waals surface area contributed by atoms with Crippen LogP contribution in [0, 0.1) is 5.92 Å². The summed E-state index contributed by atoms with van der Waals surface area (Å²) in [5.74, 6) is 5.70. The van der Waals surface area contributed by atoms with E-state index in [1.165, 1.54) is 18.5 Å². The smallest absolute Gasteiger partial charge is 0.0724 e. The van der Waals surface area contributed by atoms with Crippen LogP contribution in [0.1, 0.15) is 12.8 Å². The molecule has 1 atom stereocenters. The molecule has 1 aliphatic rings. The van der Waals surface area contributed by atoms with E-state index in [4.69, 9.17) is 10.7 Å². The highest BCUT2D eigenvalue weighted by Gasteiger charge is 2.20. The first-order valence-electron chi connectivity index (χ1n) is 5.62. The minimum Gasteiger partial charge on any atom is -0.371 e. The van der Waals surface area contributed by atoms with Crippen molar-refractivity contribution in [2.24, 2.45) is 11.8 Å². The maximum Gasteiger partial charge on any atom is 0.0724 e. The Morgan fingerprint density at radius 1 is 1.50 bits per heavy atom. The Labute approximate surface area is 105 Å². The monoisotopic (exact) mass is 284 g/mol. The van der Waals surface area contributed by atoms with Crippen molar-refractivity contribution in [1.82, 2.24) is 0 Å². The number of halogens is 1. The topological polar surface area (TPSA) is 38.5 Å². The van der Waals surface area contributed by atoms with Gasteiger partial charge in [0.05, 0.1) is 6.61 Å². The number of hydrogen-bond acceptors (Lipinski definition) is 3. The summed E-state index contributed by atoms with van der Waals surface area (Å²) in [6.45, 7) is 2.82. The van der Waals surface area contributed by atoms with Gasteiger partial charge in [0.15, 0.2) is 0 Å². The van der Waals surface area contributed by atoms with E-state index in [1.54, 1.807) is 0 Å². The van der Waals surface area contributed by atoms with Crippen LogP contribution in [-0.4, -0.2) is 19.7 Å². The zero-order chi connectivity index (χ0) is 11.4. The standard InChI is InChI=1S/C12H17BrN2O/c13-11-4-1-5-12(7-11)15-6-2-3-10(8-15)9-16-14/h1,4-5,7,10H,2-3,6,8-9,14H2. The first kappa shape index (κ1) is 11.9. The fraction of sp³-hybridized carbons (Fsp3) is 0.500. The van der Waals surface area contributed by atoms with E-state index in [1.807, 2.05) is 6.07 Å². The van der Waals surface area contributed by atoms with Gasteiger partial charge in [0, 0.05) is 29.2 Å². The molecule has 1 aromatic rings. The summed E-state index contributed by atoms with van der Waals surface area (Å²) in [6, 6.07) is 8.43. The lowest BCUT2D eigenvalue weighted by Gasteiger charge is -2.34. The summed E-state index contributed by atoms with van der Waals surface area (Å²) in [4.78, 5) is 7.15. The van der Waals surface area contributed by atoms with Gasteiger partial charge in [-0.05, 0) is 31.0 Å². The Morgan fingerprint density at radius 3 is 3.12 bits per heavy atom. The van der Waals surface area contributed by atoms with E-state index in [9.17, 15) is 0 Å². The van der Waals surface area contributed by atoms with Crippen molar-refractivity contribution in [1.29, 1.82) is 0 Å². The Hall–Kier alpha value is -0.580. The fourth-order valence-corrected chi connectivity index (χ4v) is 2.63. The van der Waals surface area contributed by atoms with Gasteiger partial charge >= 0.3 is 0 Å². The number of nitrogens with zero attached hydrogens (tertiary/aromatic N) is 1. The van der Waals surface area contributed by atoms with E-state index in [2.05, 4.69) is 39.0 Å². The quantitative estimate of drug-likeness (QED) is 0.867. The fourth-order valence-electron chi connectivity index (χ4n) is 2.24. The van der Waals surface area contributed by atoms with Gasteiger partial charge in [-0.15, -0.1) is 0 Å². The van der Waals surface area contributed by atoms with E-state index in [0.717, 1.165) is 17.6 Å². The third-order valence-corrected chi connectivity index (χ3v) is 3.52. The summed E-state index contributed by atoms with van der Waals surface area (Å²) < 4.78 is 1.13. The van der Waals surface area contributed by atoms with Gasteiger partial charge in [-0.2, -0.15) is 0 Å². The molecule has 0 saturated carbocycles. The normalized spacial score (nSPS) is 21.1. The molecular formula is C12H17BrN2O. The molecular weight excluding hydrogens is 268 g/mol. The van der Waals surface area contributed by atoms with Crippen LogP contribution in [0.3, 0.4) is 0 Å². The third-order valence-electron chi connectivity index (χ3n) is 3.02. The van der Waals surface area contributed by atoms with Crippen molar-refractivity contribution in [3.8, 4) is 0 Å². The van der Waals surface area contributed by atoms with Gasteiger partial charge in [-0.3, -0.25) is 0 Å². The van der Waals surface area contributed by atoms with Gasteiger partial charge in [-0.1, -0.05) is 22.0 Å². The Morgan fingerprint density at radius 2 is 2.38 bits per heavy atom. The van der Waals surface area contributed by atoms with Gasteiger partial charge in [0.2, 0.25) is 0 Å². The molecule has 0 aromatic heterocycles.